The van der Waals surface area contributed by atoms with E-state index in [1.165, 1.54) is 25.7 Å². The van der Waals surface area contributed by atoms with Gasteiger partial charge in [-0.1, -0.05) is 58.6 Å². The van der Waals surface area contributed by atoms with Gasteiger partial charge in [-0.15, -0.1) is 0 Å². The highest BCUT2D eigenvalue weighted by Crippen LogP contribution is 2.18. The van der Waals surface area contributed by atoms with Crippen molar-refractivity contribution in [3.63, 3.8) is 0 Å². The van der Waals surface area contributed by atoms with E-state index in [4.69, 9.17) is 11.6 Å². The van der Waals surface area contributed by atoms with Crippen LogP contribution in [0.2, 0.25) is 5.15 Å². The van der Waals surface area contributed by atoms with Crippen molar-refractivity contribution >= 4 is 17.4 Å². The van der Waals surface area contributed by atoms with Gasteiger partial charge in [0.15, 0.2) is 0 Å². The molecule has 0 aliphatic heterocycles. The first-order chi connectivity index (χ1) is 9.06. The van der Waals surface area contributed by atoms with Gasteiger partial charge in [-0.3, -0.25) is 0 Å². The Labute approximate surface area is 122 Å². The molecule has 0 saturated carbocycles. The highest BCUT2D eigenvalue weighted by atomic mass is 35.5. The lowest BCUT2D eigenvalue weighted by Gasteiger charge is -2.16. The molecule has 1 aromatic heterocycles. The molecule has 3 nitrogen and oxygen atoms in total. The van der Waals surface area contributed by atoms with Crippen molar-refractivity contribution in [2.24, 2.45) is 5.92 Å². The van der Waals surface area contributed by atoms with Crippen molar-refractivity contribution < 1.29 is 0 Å². The van der Waals surface area contributed by atoms with Crippen LogP contribution < -0.4 is 5.32 Å². The predicted octanol–water partition coefficient (Wildman–Crippen LogP) is 4.88. The molecule has 0 aliphatic rings. The van der Waals surface area contributed by atoms with E-state index in [1.807, 2.05) is 0 Å². The SMILES string of the molecule is CCCCC(CC)CNc1cc(Cl)nc(C(C)C)n1. The molecule has 1 unspecified atom stereocenters. The van der Waals surface area contributed by atoms with Crippen LogP contribution in [-0.4, -0.2) is 16.5 Å². The van der Waals surface area contributed by atoms with E-state index >= 15 is 0 Å². The second kappa shape index (κ2) is 8.36. The fourth-order valence-electron chi connectivity index (χ4n) is 1.98. The molecule has 0 saturated heterocycles. The Morgan fingerprint density at radius 2 is 2.00 bits per heavy atom. The number of rotatable bonds is 8. The normalized spacial score (nSPS) is 12.7. The average Bonchev–Trinajstić information content (AvgIpc) is 2.38. The van der Waals surface area contributed by atoms with Gasteiger partial charge in [-0.05, 0) is 12.3 Å². The summed E-state index contributed by atoms with van der Waals surface area (Å²) in [5.41, 5.74) is 0. The maximum atomic E-state index is 6.04. The molecule has 4 heteroatoms. The van der Waals surface area contributed by atoms with Crippen LogP contribution >= 0.6 is 11.6 Å². The third-order valence-electron chi connectivity index (χ3n) is 3.34. The number of aromatic nitrogens is 2. The quantitative estimate of drug-likeness (QED) is 0.691. The zero-order valence-electron chi connectivity index (χ0n) is 12.5. The minimum Gasteiger partial charge on any atom is -0.370 e. The van der Waals surface area contributed by atoms with Crippen LogP contribution in [0.1, 0.15) is 65.1 Å². The molecule has 1 N–H and O–H groups in total. The third-order valence-corrected chi connectivity index (χ3v) is 3.54. The number of nitrogens with zero attached hydrogens (tertiary/aromatic N) is 2. The molecule has 108 valence electrons. The van der Waals surface area contributed by atoms with Crippen molar-refractivity contribution in [3.05, 3.63) is 17.0 Å². The molecule has 0 aromatic carbocycles. The zero-order valence-corrected chi connectivity index (χ0v) is 13.3. The smallest absolute Gasteiger partial charge is 0.135 e. The number of unbranched alkanes of at least 4 members (excludes halogenated alkanes) is 1. The number of hydrogen-bond acceptors (Lipinski definition) is 3. The predicted molar refractivity (Wildman–Crippen MR) is 82.9 cm³/mol. The Morgan fingerprint density at radius 1 is 1.26 bits per heavy atom. The number of anilines is 1. The summed E-state index contributed by atoms with van der Waals surface area (Å²) in [7, 11) is 0. The summed E-state index contributed by atoms with van der Waals surface area (Å²) in [6, 6.07) is 1.81. The molecule has 1 rings (SSSR count). The lowest BCUT2D eigenvalue weighted by atomic mass is 9.99. The summed E-state index contributed by atoms with van der Waals surface area (Å²) in [6.45, 7) is 9.59. The van der Waals surface area contributed by atoms with E-state index in [9.17, 15) is 0 Å². The zero-order chi connectivity index (χ0) is 14.3. The van der Waals surface area contributed by atoms with Gasteiger partial charge in [-0.25, -0.2) is 9.97 Å². The first-order valence-corrected chi connectivity index (χ1v) is 7.72. The molecule has 0 radical (unpaired) electrons. The Morgan fingerprint density at radius 3 is 2.58 bits per heavy atom. The van der Waals surface area contributed by atoms with Gasteiger partial charge >= 0.3 is 0 Å². The number of halogens is 1. The monoisotopic (exact) mass is 283 g/mol. The third kappa shape index (κ3) is 5.77. The first-order valence-electron chi connectivity index (χ1n) is 7.35. The topological polar surface area (TPSA) is 37.8 Å². The first kappa shape index (κ1) is 16.2. The van der Waals surface area contributed by atoms with Crippen LogP contribution in [0.4, 0.5) is 5.82 Å². The molecule has 1 heterocycles. The van der Waals surface area contributed by atoms with E-state index in [0.717, 1.165) is 18.2 Å². The molecule has 19 heavy (non-hydrogen) atoms. The number of nitrogens with one attached hydrogen (secondary N) is 1. The molecule has 0 bridgehead atoms. The highest BCUT2D eigenvalue weighted by Gasteiger charge is 2.09. The van der Waals surface area contributed by atoms with Crippen LogP contribution in [0.15, 0.2) is 6.07 Å². The van der Waals surface area contributed by atoms with Crippen molar-refractivity contribution in [2.75, 3.05) is 11.9 Å². The van der Waals surface area contributed by atoms with Gasteiger partial charge < -0.3 is 5.32 Å². The van der Waals surface area contributed by atoms with Crippen molar-refractivity contribution in [1.29, 1.82) is 0 Å². The van der Waals surface area contributed by atoms with E-state index < -0.39 is 0 Å². The molecule has 0 spiro atoms. The highest BCUT2D eigenvalue weighted by molar-refractivity contribution is 6.29. The lowest BCUT2D eigenvalue weighted by Crippen LogP contribution is -2.15. The Balaban J connectivity index is 2.60. The van der Waals surface area contributed by atoms with Crippen LogP contribution in [0.25, 0.3) is 0 Å². The van der Waals surface area contributed by atoms with E-state index in [0.29, 0.717) is 17.0 Å². The summed E-state index contributed by atoms with van der Waals surface area (Å²) < 4.78 is 0. The summed E-state index contributed by atoms with van der Waals surface area (Å²) >= 11 is 6.04. The maximum Gasteiger partial charge on any atom is 0.135 e. The lowest BCUT2D eigenvalue weighted by molar-refractivity contribution is 0.472. The molecule has 1 aromatic rings. The van der Waals surface area contributed by atoms with Gasteiger partial charge in [0.05, 0.1) is 0 Å². The van der Waals surface area contributed by atoms with Gasteiger partial charge in [0.2, 0.25) is 0 Å². The molecule has 0 aliphatic carbocycles. The second-order valence-corrected chi connectivity index (χ2v) is 5.77. The van der Waals surface area contributed by atoms with Crippen molar-refractivity contribution in [1.82, 2.24) is 9.97 Å². The summed E-state index contributed by atoms with van der Waals surface area (Å²) in [4.78, 5) is 8.76. The molecule has 1 atom stereocenters. The summed E-state index contributed by atoms with van der Waals surface area (Å²) in [5, 5.41) is 3.92. The standard InChI is InChI=1S/C15H26ClN3/c1-5-7-8-12(6-2)10-17-14-9-13(16)18-15(19-14)11(3)4/h9,11-12H,5-8,10H2,1-4H3,(H,17,18,19). The molecule has 0 amide bonds. The van der Waals surface area contributed by atoms with Gasteiger partial charge in [-0.2, -0.15) is 0 Å². The molecular weight excluding hydrogens is 258 g/mol. The van der Waals surface area contributed by atoms with E-state index in [2.05, 4.69) is 43.0 Å². The molecular formula is C15H26ClN3. The number of hydrogen-bond donors (Lipinski definition) is 1. The van der Waals surface area contributed by atoms with E-state index in [1.54, 1.807) is 6.07 Å². The Hall–Kier alpha value is -0.830. The second-order valence-electron chi connectivity index (χ2n) is 5.39. The fourth-order valence-corrected chi connectivity index (χ4v) is 2.17. The minimum absolute atomic E-state index is 0.293. The fraction of sp³-hybridized carbons (Fsp3) is 0.733. The van der Waals surface area contributed by atoms with Gasteiger partial charge in [0, 0.05) is 18.5 Å². The summed E-state index contributed by atoms with van der Waals surface area (Å²) in [6.07, 6.45) is 5.02. The largest absolute Gasteiger partial charge is 0.370 e. The van der Waals surface area contributed by atoms with Crippen molar-refractivity contribution in [3.8, 4) is 0 Å². The molecule has 0 fully saturated rings. The van der Waals surface area contributed by atoms with Gasteiger partial charge in [0.1, 0.15) is 16.8 Å². The minimum atomic E-state index is 0.293. The summed E-state index contributed by atoms with van der Waals surface area (Å²) in [5.74, 6) is 2.65. The van der Waals surface area contributed by atoms with Crippen LogP contribution in [0.3, 0.4) is 0 Å². The maximum absolute atomic E-state index is 6.04. The Bertz CT molecular complexity index is 380. The van der Waals surface area contributed by atoms with E-state index in [-0.39, 0.29) is 0 Å². The average molecular weight is 284 g/mol. The van der Waals surface area contributed by atoms with Crippen molar-refractivity contribution in [2.45, 2.75) is 59.3 Å². The van der Waals surface area contributed by atoms with Crippen LogP contribution in [-0.2, 0) is 0 Å². The van der Waals surface area contributed by atoms with Crippen LogP contribution in [0, 0.1) is 5.92 Å². The van der Waals surface area contributed by atoms with Gasteiger partial charge in [0.25, 0.3) is 0 Å². The Kier molecular flexibility index (Phi) is 7.14. The van der Waals surface area contributed by atoms with Crippen LogP contribution in [0.5, 0.6) is 0 Å².